The third kappa shape index (κ3) is 2.98. The van der Waals surface area contributed by atoms with Gasteiger partial charge in [-0.3, -0.25) is 0 Å². The Kier molecular flexibility index (Phi) is 3.30. The van der Waals surface area contributed by atoms with Gasteiger partial charge in [-0.15, -0.1) is 0 Å². The normalized spacial score (nSPS) is 9.94. The molecule has 1 N–H and O–H groups in total. The lowest BCUT2D eigenvalue weighted by Gasteiger charge is -2.04. The van der Waals surface area contributed by atoms with Crippen molar-refractivity contribution in [2.45, 2.75) is 0 Å². The molecule has 0 atom stereocenters. The summed E-state index contributed by atoms with van der Waals surface area (Å²) < 4.78 is 5.12. The van der Waals surface area contributed by atoms with Gasteiger partial charge in [-0.1, -0.05) is 17.7 Å². The Morgan fingerprint density at radius 2 is 1.82 bits per heavy atom. The van der Waals surface area contributed by atoms with Crippen molar-refractivity contribution in [1.29, 1.82) is 0 Å². The second-order valence-electron chi connectivity index (χ2n) is 3.39. The molecule has 0 radical (unpaired) electrons. The molecule has 86 valence electrons. The monoisotopic (exact) mass is 248 g/mol. The molecular formula is C13H9ClO3. The molecule has 2 aromatic carbocycles. The van der Waals surface area contributed by atoms with Crippen LogP contribution in [0.5, 0.6) is 11.5 Å². The van der Waals surface area contributed by atoms with Crippen LogP contribution in [0.2, 0.25) is 5.02 Å². The number of rotatable bonds is 2. The summed E-state index contributed by atoms with van der Waals surface area (Å²) in [7, 11) is 0. The molecule has 0 unspecified atom stereocenters. The van der Waals surface area contributed by atoms with Crippen molar-refractivity contribution in [2.75, 3.05) is 0 Å². The first kappa shape index (κ1) is 11.5. The second-order valence-corrected chi connectivity index (χ2v) is 3.83. The van der Waals surface area contributed by atoms with Gasteiger partial charge in [0.1, 0.15) is 11.5 Å². The number of carbonyl (C=O) groups excluding carboxylic acids is 1. The highest BCUT2D eigenvalue weighted by Gasteiger charge is 2.08. The number of esters is 1. The van der Waals surface area contributed by atoms with E-state index in [1.807, 2.05) is 0 Å². The van der Waals surface area contributed by atoms with E-state index in [1.54, 1.807) is 24.3 Å². The minimum atomic E-state index is -0.493. The van der Waals surface area contributed by atoms with E-state index in [1.165, 1.54) is 24.3 Å². The van der Waals surface area contributed by atoms with Crippen molar-refractivity contribution in [3.05, 3.63) is 59.1 Å². The van der Waals surface area contributed by atoms with Gasteiger partial charge in [-0.25, -0.2) is 4.79 Å². The molecule has 2 aromatic rings. The van der Waals surface area contributed by atoms with Crippen LogP contribution < -0.4 is 4.74 Å². The van der Waals surface area contributed by atoms with Crippen molar-refractivity contribution in [2.24, 2.45) is 0 Å². The van der Waals surface area contributed by atoms with E-state index < -0.39 is 5.97 Å². The molecule has 0 bridgehead atoms. The molecule has 0 aliphatic carbocycles. The molecule has 4 heteroatoms. The van der Waals surface area contributed by atoms with Gasteiger partial charge in [-0.05, 0) is 42.5 Å². The van der Waals surface area contributed by atoms with Crippen LogP contribution >= 0.6 is 11.6 Å². The van der Waals surface area contributed by atoms with Gasteiger partial charge in [0.2, 0.25) is 0 Å². The lowest BCUT2D eigenvalue weighted by Crippen LogP contribution is -2.07. The van der Waals surface area contributed by atoms with Crippen molar-refractivity contribution < 1.29 is 14.6 Å². The average Bonchev–Trinajstić information content (AvgIpc) is 2.29. The molecule has 0 amide bonds. The van der Waals surface area contributed by atoms with E-state index in [4.69, 9.17) is 21.4 Å². The van der Waals surface area contributed by atoms with Gasteiger partial charge >= 0.3 is 5.97 Å². The van der Waals surface area contributed by atoms with Crippen LogP contribution in [0.3, 0.4) is 0 Å². The maximum Gasteiger partial charge on any atom is 0.343 e. The van der Waals surface area contributed by atoms with E-state index >= 15 is 0 Å². The molecule has 2 rings (SSSR count). The van der Waals surface area contributed by atoms with E-state index in [2.05, 4.69) is 0 Å². The van der Waals surface area contributed by atoms with Crippen LogP contribution in [0.25, 0.3) is 0 Å². The SMILES string of the molecule is O=C(Oc1cccc(Cl)c1)c1ccc(O)cc1. The summed E-state index contributed by atoms with van der Waals surface area (Å²) in [5.41, 5.74) is 0.364. The summed E-state index contributed by atoms with van der Waals surface area (Å²) >= 11 is 5.77. The molecule has 3 nitrogen and oxygen atoms in total. The fourth-order valence-electron chi connectivity index (χ4n) is 1.29. The number of halogens is 1. The maximum atomic E-state index is 11.7. The second kappa shape index (κ2) is 4.89. The molecule has 0 spiro atoms. The topological polar surface area (TPSA) is 46.5 Å². The van der Waals surface area contributed by atoms with Crippen molar-refractivity contribution in [3.8, 4) is 11.5 Å². The Labute approximate surface area is 103 Å². The molecule has 0 aliphatic rings. The summed E-state index contributed by atoms with van der Waals surface area (Å²) in [5, 5.41) is 9.60. The Hall–Kier alpha value is -2.00. The number of carbonyl (C=O) groups is 1. The van der Waals surface area contributed by atoms with Crippen LogP contribution in [-0.4, -0.2) is 11.1 Å². The van der Waals surface area contributed by atoms with Crippen LogP contribution in [0.4, 0.5) is 0 Å². The molecular weight excluding hydrogens is 240 g/mol. The predicted molar refractivity (Wildman–Crippen MR) is 64.5 cm³/mol. The number of benzene rings is 2. The highest BCUT2D eigenvalue weighted by atomic mass is 35.5. The third-order valence-corrected chi connectivity index (χ3v) is 2.34. The number of hydrogen-bond donors (Lipinski definition) is 1. The van der Waals surface area contributed by atoms with Gasteiger partial charge < -0.3 is 9.84 Å². The molecule has 0 fully saturated rings. The Morgan fingerprint density at radius 1 is 1.12 bits per heavy atom. The maximum absolute atomic E-state index is 11.7. The van der Waals surface area contributed by atoms with Crippen molar-refractivity contribution >= 4 is 17.6 Å². The smallest absolute Gasteiger partial charge is 0.343 e. The summed E-state index contributed by atoms with van der Waals surface area (Å²) in [6, 6.07) is 12.4. The van der Waals surface area contributed by atoms with Gasteiger partial charge in [0.25, 0.3) is 0 Å². The fourth-order valence-corrected chi connectivity index (χ4v) is 1.47. The molecule has 0 aliphatic heterocycles. The predicted octanol–water partition coefficient (Wildman–Crippen LogP) is 3.26. The minimum Gasteiger partial charge on any atom is -0.508 e. The summed E-state index contributed by atoms with van der Waals surface area (Å²) in [4.78, 5) is 11.7. The van der Waals surface area contributed by atoms with Gasteiger partial charge in [-0.2, -0.15) is 0 Å². The fraction of sp³-hybridized carbons (Fsp3) is 0. The standard InChI is InChI=1S/C13H9ClO3/c14-10-2-1-3-12(8-10)17-13(16)9-4-6-11(15)7-5-9/h1-8,15H. The van der Waals surface area contributed by atoms with E-state index in [0.717, 1.165) is 0 Å². The highest BCUT2D eigenvalue weighted by molar-refractivity contribution is 6.30. The Morgan fingerprint density at radius 3 is 2.47 bits per heavy atom. The third-order valence-electron chi connectivity index (χ3n) is 2.11. The largest absolute Gasteiger partial charge is 0.508 e. The molecule has 0 aromatic heterocycles. The Balaban J connectivity index is 2.14. The number of phenolic OH excluding ortho intramolecular Hbond substituents is 1. The van der Waals surface area contributed by atoms with Crippen molar-refractivity contribution in [1.82, 2.24) is 0 Å². The summed E-state index contributed by atoms with van der Waals surface area (Å²) in [6.07, 6.45) is 0. The molecule has 0 heterocycles. The lowest BCUT2D eigenvalue weighted by atomic mass is 10.2. The van der Waals surface area contributed by atoms with Gasteiger partial charge in [0.05, 0.1) is 5.56 Å². The first-order valence-corrected chi connectivity index (χ1v) is 5.30. The number of phenols is 1. The zero-order valence-corrected chi connectivity index (χ0v) is 9.52. The zero-order valence-electron chi connectivity index (χ0n) is 8.76. The molecule has 17 heavy (non-hydrogen) atoms. The quantitative estimate of drug-likeness (QED) is 0.655. The van der Waals surface area contributed by atoms with Gasteiger partial charge in [0, 0.05) is 5.02 Å². The number of aromatic hydroxyl groups is 1. The van der Waals surface area contributed by atoms with E-state index in [0.29, 0.717) is 16.3 Å². The van der Waals surface area contributed by atoms with Crippen LogP contribution in [0.1, 0.15) is 10.4 Å². The highest BCUT2D eigenvalue weighted by Crippen LogP contribution is 2.19. The Bertz CT molecular complexity index is 535. The molecule has 0 saturated carbocycles. The van der Waals surface area contributed by atoms with Gasteiger partial charge in [0.15, 0.2) is 0 Å². The van der Waals surface area contributed by atoms with Crippen LogP contribution in [-0.2, 0) is 0 Å². The van der Waals surface area contributed by atoms with Crippen molar-refractivity contribution in [3.63, 3.8) is 0 Å². The average molecular weight is 249 g/mol. The summed E-state index contributed by atoms with van der Waals surface area (Å²) in [5.74, 6) is -0.00727. The van der Waals surface area contributed by atoms with E-state index in [-0.39, 0.29) is 5.75 Å². The van der Waals surface area contributed by atoms with E-state index in [9.17, 15) is 4.79 Å². The minimum absolute atomic E-state index is 0.101. The number of ether oxygens (including phenoxy) is 1. The lowest BCUT2D eigenvalue weighted by molar-refractivity contribution is 0.0735. The first-order chi connectivity index (χ1) is 8.15. The number of hydrogen-bond acceptors (Lipinski definition) is 3. The zero-order chi connectivity index (χ0) is 12.3. The van der Waals surface area contributed by atoms with Crippen LogP contribution in [0, 0.1) is 0 Å². The first-order valence-electron chi connectivity index (χ1n) is 4.92. The van der Waals surface area contributed by atoms with Crippen LogP contribution in [0.15, 0.2) is 48.5 Å². The summed E-state index contributed by atoms with van der Waals surface area (Å²) in [6.45, 7) is 0. The molecule has 0 saturated heterocycles.